The SMILES string of the molecule is CCC(C)NC(=O)c1nn(-c2ccc(Cl)cc2)c(=O)n(C(C)c2ccccc2)c1=O. The lowest BCUT2D eigenvalue weighted by atomic mass is 10.1. The summed E-state index contributed by atoms with van der Waals surface area (Å²) in [5.41, 5.74) is -0.552. The zero-order valence-electron chi connectivity index (χ0n) is 17.0. The number of nitrogens with zero attached hydrogens (tertiary/aromatic N) is 3. The lowest BCUT2D eigenvalue weighted by molar-refractivity contribution is 0.0929. The van der Waals surface area contributed by atoms with E-state index < -0.39 is 23.2 Å². The van der Waals surface area contributed by atoms with Crippen molar-refractivity contribution in [3.05, 3.63) is 91.7 Å². The number of nitrogens with one attached hydrogen (secondary N) is 1. The molecule has 7 nitrogen and oxygen atoms in total. The van der Waals surface area contributed by atoms with E-state index in [-0.39, 0.29) is 11.7 Å². The Morgan fingerprint density at radius 2 is 1.70 bits per heavy atom. The number of aromatic nitrogens is 3. The van der Waals surface area contributed by atoms with Crippen molar-refractivity contribution in [1.29, 1.82) is 0 Å². The molecular weight excluding hydrogens is 404 g/mol. The van der Waals surface area contributed by atoms with Crippen molar-refractivity contribution < 1.29 is 4.79 Å². The second-order valence-corrected chi connectivity index (χ2v) is 7.50. The zero-order valence-corrected chi connectivity index (χ0v) is 17.8. The fraction of sp³-hybridized carbons (Fsp3) is 0.273. The minimum atomic E-state index is -0.734. The van der Waals surface area contributed by atoms with Gasteiger partial charge in [0.15, 0.2) is 0 Å². The molecule has 3 aromatic rings. The van der Waals surface area contributed by atoms with Crippen LogP contribution in [0.4, 0.5) is 0 Å². The van der Waals surface area contributed by atoms with Crippen LogP contribution >= 0.6 is 11.6 Å². The molecule has 0 spiro atoms. The third kappa shape index (κ3) is 4.36. The van der Waals surface area contributed by atoms with Crippen LogP contribution in [-0.4, -0.2) is 26.3 Å². The molecule has 0 radical (unpaired) electrons. The first-order valence-electron chi connectivity index (χ1n) is 9.71. The summed E-state index contributed by atoms with van der Waals surface area (Å²) >= 11 is 5.95. The maximum absolute atomic E-state index is 13.2. The van der Waals surface area contributed by atoms with E-state index in [1.54, 1.807) is 31.2 Å². The van der Waals surface area contributed by atoms with Gasteiger partial charge in [0.1, 0.15) is 0 Å². The van der Waals surface area contributed by atoms with Gasteiger partial charge in [0, 0.05) is 11.1 Å². The van der Waals surface area contributed by atoms with E-state index >= 15 is 0 Å². The van der Waals surface area contributed by atoms with Gasteiger partial charge in [-0.25, -0.2) is 9.36 Å². The van der Waals surface area contributed by atoms with Gasteiger partial charge in [-0.1, -0.05) is 48.9 Å². The fourth-order valence-corrected chi connectivity index (χ4v) is 3.12. The highest BCUT2D eigenvalue weighted by Gasteiger charge is 2.24. The van der Waals surface area contributed by atoms with Crippen LogP contribution in [0.3, 0.4) is 0 Å². The molecule has 1 N–H and O–H groups in total. The summed E-state index contributed by atoms with van der Waals surface area (Å²) in [6, 6.07) is 14.8. The molecule has 30 heavy (non-hydrogen) atoms. The van der Waals surface area contributed by atoms with E-state index in [1.807, 2.05) is 44.2 Å². The molecular formula is C22H23ClN4O3. The van der Waals surface area contributed by atoms with Gasteiger partial charge in [0.05, 0.1) is 11.7 Å². The molecule has 0 aliphatic rings. The van der Waals surface area contributed by atoms with Crippen LogP contribution in [0.15, 0.2) is 64.2 Å². The van der Waals surface area contributed by atoms with Gasteiger partial charge in [-0.15, -0.1) is 0 Å². The molecule has 0 bridgehead atoms. The van der Waals surface area contributed by atoms with Gasteiger partial charge >= 0.3 is 5.69 Å². The zero-order chi connectivity index (χ0) is 21.8. The van der Waals surface area contributed by atoms with Crippen LogP contribution in [0.1, 0.15) is 49.3 Å². The van der Waals surface area contributed by atoms with Crippen molar-refractivity contribution >= 4 is 17.5 Å². The molecule has 2 aromatic carbocycles. The molecule has 3 rings (SSSR count). The maximum atomic E-state index is 13.2. The Labute approximate surface area is 178 Å². The highest BCUT2D eigenvalue weighted by Crippen LogP contribution is 2.15. The Bertz CT molecular complexity index is 1150. The number of carbonyl (C=O) groups excluding carboxylic acids is 1. The van der Waals surface area contributed by atoms with Crippen LogP contribution < -0.4 is 16.6 Å². The molecule has 8 heteroatoms. The average Bonchev–Trinajstić information content (AvgIpc) is 2.75. The molecule has 0 aliphatic heterocycles. The first kappa shape index (κ1) is 21.5. The normalized spacial score (nSPS) is 12.9. The van der Waals surface area contributed by atoms with Gasteiger partial charge in [-0.05, 0) is 50.1 Å². The van der Waals surface area contributed by atoms with Crippen LogP contribution in [-0.2, 0) is 0 Å². The topological polar surface area (TPSA) is 86.0 Å². The molecule has 2 unspecified atom stereocenters. The van der Waals surface area contributed by atoms with Crippen molar-refractivity contribution in [3.63, 3.8) is 0 Å². The first-order chi connectivity index (χ1) is 14.3. The summed E-state index contributed by atoms with van der Waals surface area (Å²) in [4.78, 5) is 39.2. The van der Waals surface area contributed by atoms with Crippen LogP contribution in [0.25, 0.3) is 5.69 Å². The second kappa shape index (κ2) is 9.09. The molecule has 0 saturated heterocycles. The number of carbonyl (C=O) groups is 1. The van der Waals surface area contributed by atoms with Crippen LogP contribution in [0.5, 0.6) is 0 Å². The molecule has 1 aromatic heterocycles. The number of amides is 1. The summed E-state index contributed by atoms with van der Waals surface area (Å²) in [6.07, 6.45) is 0.692. The summed E-state index contributed by atoms with van der Waals surface area (Å²) in [5.74, 6) is -0.619. The van der Waals surface area contributed by atoms with Crippen molar-refractivity contribution in [1.82, 2.24) is 19.7 Å². The third-order valence-electron chi connectivity index (χ3n) is 4.95. The molecule has 1 heterocycles. The van der Waals surface area contributed by atoms with Gasteiger partial charge in [0.2, 0.25) is 5.69 Å². The molecule has 1 amide bonds. The monoisotopic (exact) mass is 426 g/mol. The second-order valence-electron chi connectivity index (χ2n) is 7.06. The van der Waals surface area contributed by atoms with E-state index in [4.69, 9.17) is 11.6 Å². The lowest BCUT2D eigenvalue weighted by Gasteiger charge is -2.18. The fourth-order valence-electron chi connectivity index (χ4n) is 3.00. The summed E-state index contributed by atoms with van der Waals surface area (Å²) in [7, 11) is 0. The highest BCUT2D eigenvalue weighted by molar-refractivity contribution is 6.30. The van der Waals surface area contributed by atoms with Gasteiger partial charge in [0.25, 0.3) is 11.5 Å². The smallest absolute Gasteiger partial charge is 0.348 e. The molecule has 2 atom stereocenters. The van der Waals surface area contributed by atoms with E-state index in [0.29, 0.717) is 17.1 Å². The number of halogens is 1. The third-order valence-corrected chi connectivity index (χ3v) is 5.21. The predicted molar refractivity (Wildman–Crippen MR) is 117 cm³/mol. The minimum Gasteiger partial charge on any atom is -0.348 e. The largest absolute Gasteiger partial charge is 0.352 e. The van der Waals surface area contributed by atoms with Crippen LogP contribution in [0.2, 0.25) is 5.02 Å². The Kier molecular flexibility index (Phi) is 6.52. The summed E-state index contributed by atoms with van der Waals surface area (Å²) < 4.78 is 2.12. The van der Waals surface area contributed by atoms with E-state index in [0.717, 1.165) is 14.8 Å². The quantitative estimate of drug-likeness (QED) is 0.655. The number of benzene rings is 2. The Morgan fingerprint density at radius 1 is 1.07 bits per heavy atom. The molecule has 0 aliphatic carbocycles. The molecule has 0 fully saturated rings. The Morgan fingerprint density at radius 3 is 2.30 bits per heavy atom. The van der Waals surface area contributed by atoms with Crippen LogP contribution in [0, 0.1) is 0 Å². The van der Waals surface area contributed by atoms with E-state index in [9.17, 15) is 14.4 Å². The predicted octanol–water partition coefficient (Wildman–Crippen LogP) is 3.19. The Balaban J connectivity index is 2.24. The van der Waals surface area contributed by atoms with Crippen molar-refractivity contribution in [2.24, 2.45) is 0 Å². The number of rotatable bonds is 6. The summed E-state index contributed by atoms with van der Waals surface area (Å²) in [6.45, 7) is 5.49. The minimum absolute atomic E-state index is 0.144. The highest BCUT2D eigenvalue weighted by atomic mass is 35.5. The van der Waals surface area contributed by atoms with Crippen molar-refractivity contribution in [3.8, 4) is 5.69 Å². The van der Waals surface area contributed by atoms with E-state index in [1.165, 1.54) is 0 Å². The average molecular weight is 427 g/mol. The standard InChI is InChI=1S/C22H23ClN4O3/c1-4-14(2)24-20(28)19-21(29)26(15(3)16-8-6-5-7-9-16)22(30)27(25-19)18-12-10-17(23)11-13-18/h5-15H,4H2,1-3H3,(H,24,28). The Hall–Kier alpha value is -3.19. The van der Waals surface area contributed by atoms with Gasteiger partial charge in [-0.3, -0.25) is 9.59 Å². The van der Waals surface area contributed by atoms with Crippen molar-refractivity contribution in [2.75, 3.05) is 0 Å². The van der Waals surface area contributed by atoms with E-state index in [2.05, 4.69) is 10.4 Å². The number of hydrogen-bond acceptors (Lipinski definition) is 4. The van der Waals surface area contributed by atoms with Gasteiger partial charge < -0.3 is 5.32 Å². The van der Waals surface area contributed by atoms with Crippen molar-refractivity contribution in [2.45, 2.75) is 39.3 Å². The molecule has 156 valence electrons. The number of hydrogen-bond donors (Lipinski definition) is 1. The summed E-state index contributed by atoms with van der Waals surface area (Å²) in [5, 5.41) is 7.35. The molecule has 0 saturated carbocycles. The maximum Gasteiger partial charge on any atom is 0.352 e. The lowest BCUT2D eigenvalue weighted by Crippen LogP contribution is -2.48. The first-order valence-corrected chi connectivity index (χ1v) is 10.1. The van der Waals surface area contributed by atoms with Gasteiger partial charge in [-0.2, -0.15) is 9.78 Å².